The zero-order valence-electron chi connectivity index (χ0n) is 9.67. The highest BCUT2D eigenvalue weighted by molar-refractivity contribution is 6.18. The van der Waals surface area contributed by atoms with Crippen molar-refractivity contribution >= 4 is 23.5 Å². The summed E-state index contributed by atoms with van der Waals surface area (Å²) in [5.74, 6) is -0.160. The highest BCUT2D eigenvalue weighted by Gasteiger charge is 2.02. The minimum absolute atomic E-state index is 0.165. The van der Waals surface area contributed by atoms with E-state index < -0.39 is 0 Å². The van der Waals surface area contributed by atoms with Gasteiger partial charge in [0.25, 0.3) is 0 Å². The van der Waals surface area contributed by atoms with Gasteiger partial charge in [-0.05, 0) is 19.3 Å². The SMILES string of the molecule is CCCC(=O)OCCCCOC(=O)CCCl. The van der Waals surface area contributed by atoms with Gasteiger partial charge in [-0.1, -0.05) is 6.92 Å². The van der Waals surface area contributed by atoms with Gasteiger partial charge in [-0.15, -0.1) is 11.6 Å². The van der Waals surface area contributed by atoms with Crippen molar-refractivity contribution in [3.05, 3.63) is 0 Å². The molecule has 16 heavy (non-hydrogen) atoms. The van der Waals surface area contributed by atoms with E-state index in [-0.39, 0.29) is 24.2 Å². The Morgan fingerprint density at radius 2 is 1.50 bits per heavy atom. The largest absolute Gasteiger partial charge is 0.466 e. The quantitative estimate of drug-likeness (QED) is 0.358. The second-order valence-electron chi connectivity index (χ2n) is 3.34. The molecule has 0 heterocycles. The van der Waals surface area contributed by atoms with Crippen LogP contribution in [0.5, 0.6) is 0 Å². The molecule has 0 N–H and O–H groups in total. The Morgan fingerprint density at radius 1 is 1.00 bits per heavy atom. The summed E-state index contributed by atoms with van der Waals surface area (Å²) >= 11 is 5.37. The number of esters is 2. The molecule has 0 aromatic rings. The van der Waals surface area contributed by atoms with E-state index in [4.69, 9.17) is 21.1 Å². The normalized spacial score (nSPS) is 9.88. The Balaban J connectivity index is 3.21. The van der Waals surface area contributed by atoms with Gasteiger partial charge in [0.15, 0.2) is 0 Å². The van der Waals surface area contributed by atoms with Crippen molar-refractivity contribution in [3.8, 4) is 0 Å². The number of rotatable bonds is 9. The lowest BCUT2D eigenvalue weighted by Crippen LogP contribution is -2.08. The first kappa shape index (κ1) is 15.2. The fourth-order valence-electron chi connectivity index (χ4n) is 1.00. The van der Waals surface area contributed by atoms with E-state index in [0.29, 0.717) is 32.5 Å². The molecule has 4 nitrogen and oxygen atoms in total. The lowest BCUT2D eigenvalue weighted by atomic mass is 10.3. The molecule has 0 atom stereocenters. The average Bonchev–Trinajstić information content (AvgIpc) is 2.24. The molecule has 0 amide bonds. The van der Waals surface area contributed by atoms with Gasteiger partial charge < -0.3 is 9.47 Å². The number of hydrogen-bond donors (Lipinski definition) is 0. The summed E-state index contributed by atoms with van der Waals surface area (Å²) < 4.78 is 9.81. The zero-order valence-corrected chi connectivity index (χ0v) is 10.4. The summed E-state index contributed by atoms with van der Waals surface area (Å²) in [7, 11) is 0. The third-order valence-corrected chi connectivity index (χ3v) is 2.01. The molecule has 0 aliphatic heterocycles. The second-order valence-corrected chi connectivity index (χ2v) is 3.71. The molecule has 0 radical (unpaired) electrons. The molecule has 0 fully saturated rings. The average molecular weight is 251 g/mol. The first-order valence-corrected chi connectivity index (χ1v) is 6.11. The van der Waals surface area contributed by atoms with Crippen LogP contribution in [0.15, 0.2) is 0 Å². The molecular weight excluding hydrogens is 232 g/mol. The van der Waals surface area contributed by atoms with Gasteiger partial charge in [0.2, 0.25) is 0 Å². The maximum absolute atomic E-state index is 10.9. The van der Waals surface area contributed by atoms with Gasteiger partial charge >= 0.3 is 11.9 Å². The highest BCUT2D eigenvalue weighted by atomic mass is 35.5. The highest BCUT2D eigenvalue weighted by Crippen LogP contribution is 1.97. The molecule has 0 aliphatic carbocycles. The van der Waals surface area contributed by atoms with Crippen LogP contribution < -0.4 is 0 Å². The molecule has 0 aromatic heterocycles. The molecule has 0 aromatic carbocycles. The van der Waals surface area contributed by atoms with Gasteiger partial charge in [-0.2, -0.15) is 0 Å². The van der Waals surface area contributed by atoms with Gasteiger partial charge in [0.05, 0.1) is 19.6 Å². The van der Waals surface area contributed by atoms with Crippen molar-refractivity contribution < 1.29 is 19.1 Å². The van der Waals surface area contributed by atoms with Crippen molar-refractivity contribution in [1.82, 2.24) is 0 Å². The van der Waals surface area contributed by atoms with Gasteiger partial charge in [-0.25, -0.2) is 0 Å². The molecule has 0 bridgehead atoms. The van der Waals surface area contributed by atoms with Crippen molar-refractivity contribution in [3.63, 3.8) is 0 Å². The number of carbonyl (C=O) groups is 2. The second kappa shape index (κ2) is 10.7. The van der Waals surface area contributed by atoms with E-state index in [1.165, 1.54) is 0 Å². The van der Waals surface area contributed by atoms with Crippen LogP contribution in [-0.2, 0) is 19.1 Å². The zero-order chi connectivity index (χ0) is 12.2. The van der Waals surface area contributed by atoms with Crippen LogP contribution in [-0.4, -0.2) is 31.0 Å². The van der Waals surface area contributed by atoms with Crippen molar-refractivity contribution in [1.29, 1.82) is 0 Å². The van der Waals surface area contributed by atoms with E-state index in [1.54, 1.807) is 0 Å². The molecular formula is C11H19ClO4. The molecule has 0 aliphatic rings. The van der Waals surface area contributed by atoms with Crippen LogP contribution in [0.1, 0.15) is 39.0 Å². The summed E-state index contributed by atoms with van der Waals surface area (Å²) in [4.78, 5) is 21.8. The molecule has 0 rings (SSSR count). The smallest absolute Gasteiger partial charge is 0.306 e. The monoisotopic (exact) mass is 250 g/mol. The summed E-state index contributed by atoms with van der Waals surface area (Å²) in [5.41, 5.74) is 0. The van der Waals surface area contributed by atoms with Crippen LogP contribution in [0.25, 0.3) is 0 Å². The van der Waals surface area contributed by atoms with Crippen LogP contribution in [0.4, 0.5) is 0 Å². The Hall–Kier alpha value is -0.770. The number of unbranched alkanes of at least 4 members (excludes halogenated alkanes) is 1. The van der Waals surface area contributed by atoms with E-state index in [2.05, 4.69) is 0 Å². The standard InChI is InChI=1S/C11H19ClO4/c1-2-5-10(13)15-8-3-4-9-16-11(14)6-7-12/h2-9H2,1H3. The lowest BCUT2D eigenvalue weighted by Gasteiger charge is -2.05. The lowest BCUT2D eigenvalue weighted by molar-refractivity contribution is -0.146. The first-order valence-electron chi connectivity index (χ1n) is 5.58. The fraction of sp³-hybridized carbons (Fsp3) is 0.818. The summed E-state index contributed by atoms with van der Waals surface area (Å²) in [5, 5.41) is 0. The topological polar surface area (TPSA) is 52.6 Å². The van der Waals surface area contributed by atoms with E-state index in [9.17, 15) is 9.59 Å². The Kier molecular flexibility index (Phi) is 10.2. The number of hydrogen-bond acceptors (Lipinski definition) is 4. The summed E-state index contributed by atoms with van der Waals surface area (Å²) in [6, 6.07) is 0. The predicted octanol–water partition coefficient (Wildman–Crippen LogP) is 2.28. The number of ether oxygens (including phenoxy) is 2. The third kappa shape index (κ3) is 9.77. The van der Waals surface area contributed by atoms with Crippen molar-refractivity contribution in [2.24, 2.45) is 0 Å². The van der Waals surface area contributed by atoms with Crippen LogP contribution in [0.2, 0.25) is 0 Å². The van der Waals surface area contributed by atoms with Crippen LogP contribution in [0, 0.1) is 0 Å². The Bertz CT molecular complexity index is 184. The minimum Gasteiger partial charge on any atom is -0.466 e. The molecule has 0 saturated heterocycles. The molecule has 5 heteroatoms. The minimum atomic E-state index is -0.280. The molecule has 0 spiro atoms. The van der Waals surface area contributed by atoms with Gasteiger partial charge in [-0.3, -0.25) is 9.59 Å². The predicted molar refractivity (Wildman–Crippen MR) is 61.4 cm³/mol. The maximum Gasteiger partial charge on any atom is 0.306 e. The molecule has 0 saturated carbocycles. The number of alkyl halides is 1. The summed E-state index contributed by atoms with van der Waals surface area (Å²) in [6.45, 7) is 2.69. The van der Waals surface area contributed by atoms with Crippen molar-refractivity contribution in [2.45, 2.75) is 39.0 Å². The van der Waals surface area contributed by atoms with E-state index >= 15 is 0 Å². The van der Waals surface area contributed by atoms with Gasteiger partial charge in [0, 0.05) is 12.3 Å². The Morgan fingerprint density at radius 3 is 1.94 bits per heavy atom. The first-order chi connectivity index (χ1) is 7.70. The van der Waals surface area contributed by atoms with Crippen LogP contribution in [0.3, 0.4) is 0 Å². The fourth-order valence-corrected chi connectivity index (χ4v) is 1.16. The third-order valence-electron chi connectivity index (χ3n) is 1.82. The molecule has 0 unspecified atom stereocenters. The number of halogens is 1. The van der Waals surface area contributed by atoms with E-state index in [0.717, 1.165) is 6.42 Å². The van der Waals surface area contributed by atoms with E-state index in [1.807, 2.05) is 6.92 Å². The summed E-state index contributed by atoms with van der Waals surface area (Å²) in [6.07, 6.45) is 2.92. The van der Waals surface area contributed by atoms with Crippen molar-refractivity contribution in [2.75, 3.05) is 19.1 Å². The maximum atomic E-state index is 10.9. The Labute approximate surface area is 101 Å². The van der Waals surface area contributed by atoms with Gasteiger partial charge in [0.1, 0.15) is 0 Å². The molecule has 94 valence electrons. The van der Waals surface area contributed by atoms with Crippen LogP contribution >= 0.6 is 11.6 Å². The number of carbonyl (C=O) groups excluding carboxylic acids is 2.